The summed E-state index contributed by atoms with van der Waals surface area (Å²) in [7, 11) is 0. The number of benzene rings is 1. The van der Waals surface area contributed by atoms with Gasteiger partial charge in [-0.3, -0.25) is 0 Å². The van der Waals surface area contributed by atoms with Crippen molar-refractivity contribution in [1.82, 2.24) is 5.32 Å². The third-order valence-electron chi connectivity index (χ3n) is 3.17. The summed E-state index contributed by atoms with van der Waals surface area (Å²) in [6.45, 7) is 1.78. The molecule has 2 aromatic rings. The minimum absolute atomic E-state index is 0.270. The molecule has 0 spiro atoms. The van der Waals surface area contributed by atoms with E-state index >= 15 is 0 Å². The second-order valence-electron chi connectivity index (χ2n) is 5.07. The first-order valence-electron chi connectivity index (χ1n) is 6.98. The van der Waals surface area contributed by atoms with Gasteiger partial charge in [0.1, 0.15) is 17.9 Å². The average molecular weight is 334 g/mol. The molecule has 0 bridgehead atoms. The van der Waals surface area contributed by atoms with Crippen LogP contribution in [-0.2, 0) is 0 Å². The molecule has 1 heterocycles. The average Bonchev–Trinajstić information content (AvgIpc) is 3.01. The van der Waals surface area contributed by atoms with E-state index in [1.807, 2.05) is 6.07 Å². The van der Waals surface area contributed by atoms with Crippen molar-refractivity contribution in [2.24, 2.45) is 0 Å². The quantitative estimate of drug-likeness (QED) is 0.780. The largest absolute Gasteiger partial charge is 0.467 e. The van der Waals surface area contributed by atoms with Gasteiger partial charge in [-0.05, 0) is 37.3 Å². The number of furan rings is 1. The number of aliphatic hydroxyl groups is 1. The second kappa shape index (κ2) is 7.68. The SMILES string of the molecule is CC(CC(O)c1ccco1)NC(=O)Nc1ccc(C#N)c(Cl)c1. The van der Waals surface area contributed by atoms with E-state index in [9.17, 15) is 9.90 Å². The molecule has 0 aliphatic heterocycles. The number of hydrogen-bond donors (Lipinski definition) is 3. The molecular weight excluding hydrogens is 318 g/mol. The smallest absolute Gasteiger partial charge is 0.319 e. The topological polar surface area (TPSA) is 98.3 Å². The maximum absolute atomic E-state index is 11.9. The highest BCUT2D eigenvalue weighted by molar-refractivity contribution is 6.32. The summed E-state index contributed by atoms with van der Waals surface area (Å²) in [4.78, 5) is 11.9. The van der Waals surface area contributed by atoms with Crippen molar-refractivity contribution in [3.8, 4) is 6.07 Å². The number of aliphatic hydroxyl groups excluding tert-OH is 1. The van der Waals surface area contributed by atoms with Crippen LogP contribution in [0.5, 0.6) is 0 Å². The first-order valence-corrected chi connectivity index (χ1v) is 7.36. The lowest BCUT2D eigenvalue weighted by Crippen LogP contribution is -2.37. The molecule has 23 heavy (non-hydrogen) atoms. The number of hydrogen-bond acceptors (Lipinski definition) is 4. The molecule has 2 amide bonds. The molecular formula is C16H16ClN3O3. The van der Waals surface area contributed by atoms with E-state index in [1.54, 1.807) is 25.1 Å². The van der Waals surface area contributed by atoms with Crippen LogP contribution in [-0.4, -0.2) is 17.2 Å². The molecule has 0 saturated carbocycles. The molecule has 6 nitrogen and oxygen atoms in total. The molecule has 1 aromatic carbocycles. The number of nitriles is 1. The summed E-state index contributed by atoms with van der Waals surface area (Å²) in [5, 5.41) is 24.4. The van der Waals surface area contributed by atoms with Gasteiger partial charge in [-0.1, -0.05) is 11.6 Å². The number of nitrogens with zero attached hydrogens (tertiary/aromatic N) is 1. The molecule has 0 saturated heterocycles. The summed E-state index contributed by atoms with van der Waals surface area (Å²) in [5.41, 5.74) is 0.817. The molecule has 7 heteroatoms. The summed E-state index contributed by atoms with van der Waals surface area (Å²) in [5.74, 6) is 0.456. The molecule has 1 aromatic heterocycles. The maximum Gasteiger partial charge on any atom is 0.319 e. The van der Waals surface area contributed by atoms with Crippen LogP contribution >= 0.6 is 11.6 Å². The maximum atomic E-state index is 11.9. The monoisotopic (exact) mass is 333 g/mol. The Bertz CT molecular complexity index is 710. The molecule has 120 valence electrons. The summed E-state index contributed by atoms with van der Waals surface area (Å²) in [6, 6.07) is 9.24. The minimum atomic E-state index is -0.787. The van der Waals surface area contributed by atoms with Crippen LogP contribution in [0.1, 0.15) is 30.8 Å². The van der Waals surface area contributed by atoms with Gasteiger partial charge >= 0.3 is 6.03 Å². The fourth-order valence-electron chi connectivity index (χ4n) is 2.07. The Labute approximate surface area is 138 Å². The lowest BCUT2D eigenvalue weighted by molar-refractivity contribution is 0.130. The molecule has 2 rings (SSSR count). The highest BCUT2D eigenvalue weighted by Crippen LogP contribution is 2.21. The van der Waals surface area contributed by atoms with Crippen molar-refractivity contribution >= 4 is 23.3 Å². The number of amides is 2. The van der Waals surface area contributed by atoms with Crippen molar-refractivity contribution in [2.45, 2.75) is 25.5 Å². The van der Waals surface area contributed by atoms with E-state index in [0.29, 0.717) is 23.4 Å². The predicted molar refractivity (Wildman–Crippen MR) is 86.1 cm³/mol. The van der Waals surface area contributed by atoms with Gasteiger partial charge in [0, 0.05) is 18.2 Å². The van der Waals surface area contributed by atoms with Crippen LogP contribution in [0, 0.1) is 11.3 Å². The fraction of sp³-hybridized carbons (Fsp3) is 0.250. The zero-order valence-electron chi connectivity index (χ0n) is 12.4. The molecule has 3 N–H and O–H groups in total. The Balaban J connectivity index is 1.87. The summed E-state index contributed by atoms with van der Waals surface area (Å²) < 4.78 is 5.11. The highest BCUT2D eigenvalue weighted by Gasteiger charge is 2.16. The van der Waals surface area contributed by atoms with Crippen molar-refractivity contribution in [3.63, 3.8) is 0 Å². The molecule has 0 fully saturated rings. The number of rotatable bonds is 5. The van der Waals surface area contributed by atoms with Gasteiger partial charge in [-0.15, -0.1) is 0 Å². The van der Waals surface area contributed by atoms with Crippen LogP contribution < -0.4 is 10.6 Å². The first-order chi connectivity index (χ1) is 11.0. The zero-order valence-corrected chi connectivity index (χ0v) is 13.2. The van der Waals surface area contributed by atoms with Crippen LogP contribution in [0.3, 0.4) is 0 Å². The first kappa shape index (κ1) is 16.9. The normalized spacial score (nSPS) is 13.0. The number of carbonyl (C=O) groups is 1. The molecule has 2 atom stereocenters. The summed E-state index contributed by atoms with van der Waals surface area (Å²) in [6.07, 6.45) is 1.01. The highest BCUT2D eigenvalue weighted by atomic mass is 35.5. The number of halogens is 1. The fourth-order valence-corrected chi connectivity index (χ4v) is 2.29. The molecule has 0 radical (unpaired) electrons. The van der Waals surface area contributed by atoms with Gasteiger partial charge in [0.15, 0.2) is 0 Å². The minimum Gasteiger partial charge on any atom is -0.467 e. The van der Waals surface area contributed by atoms with Crippen molar-refractivity contribution in [2.75, 3.05) is 5.32 Å². The van der Waals surface area contributed by atoms with Gasteiger partial charge in [-0.2, -0.15) is 5.26 Å². The van der Waals surface area contributed by atoms with Gasteiger partial charge in [-0.25, -0.2) is 4.79 Å². The van der Waals surface area contributed by atoms with E-state index in [-0.39, 0.29) is 11.1 Å². The molecule has 0 aliphatic carbocycles. The Hall–Kier alpha value is -2.49. The standard InChI is InChI=1S/C16H16ClN3O3/c1-10(7-14(21)15-3-2-6-23-15)19-16(22)20-12-5-4-11(9-18)13(17)8-12/h2-6,8,10,14,21H,7H2,1H3,(H2,19,20,22). The Morgan fingerprint density at radius 3 is 2.87 bits per heavy atom. The Morgan fingerprint density at radius 1 is 1.48 bits per heavy atom. The van der Waals surface area contributed by atoms with Gasteiger partial charge in [0.25, 0.3) is 0 Å². The van der Waals surface area contributed by atoms with Crippen LogP contribution in [0.2, 0.25) is 5.02 Å². The van der Waals surface area contributed by atoms with E-state index in [2.05, 4.69) is 10.6 Å². The zero-order chi connectivity index (χ0) is 16.8. The second-order valence-corrected chi connectivity index (χ2v) is 5.48. The van der Waals surface area contributed by atoms with E-state index in [1.165, 1.54) is 18.4 Å². The van der Waals surface area contributed by atoms with Gasteiger partial charge < -0.3 is 20.2 Å². The number of carbonyl (C=O) groups excluding carboxylic acids is 1. The van der Waals surface area contributed by atoms with Gasteiger partial charge in [0.05, 0.1) is 16.8 Å². The Morgan fingerprint density at radius 2 is 2.26 bits per heavy atom. The Kier molecular flexibility index (Phi) is 5.63. The van der Waals surface area contributed by atoms with Crippen LogP contribution in [0.15, 0.2) is 41.0 Å². The van der Waals surface area contributed by atoms with Crippen molar-refractivity contribution in [1.29, 1.82) is 5.26 Å². The van der Waals surface area contributed by atoms with E-state index in [4.69, 9.17) is 21.3 Å². The lowest BCUT2D eigenvalue weighted by atomic mass is 10.1. The van der Waals surface area contributed by atoms with E-state index < -0.39 is 12.1 Å². The molecule has 2 unspecified atom stereocenters. The van der Waals surface area contributed by atoms with E-state index in [0.717, 1.165) is 0 Å². The van der Waals surface area contributed by atoms with Gasteiger partial charge in [0.2, 0.25) is 0 Å². The number of anilines is 1. The third-order valence-corrected chi connectivity index (χ3v) is 3.49. The predicted octanol–water partition coefficient (Wildman–Crippen LogP) is 3.44. The van der Waals surface area contributed by atoms with Crippen molar-refractivity contribution < 1.29 is 14.3 Å². The van der Waals surface area contributed by atoms with Crippen LogP contribution in [0.4, 0.5) is 10.5 Å². The number of urea groups is 1. The molecule has 0 aliphatic rings. The lowest BCUT2D eigenvalue weighted by Gasteiger charge is -2.17. The van der Waals surface area contributed by atoms with Crippen LogP contribution in [0.25, 0.3) is 0 Å². The summed E-state index contributed by atoms with van der Waals surface area (Å²) >= 11 is 5.91. The number of nitrogens with one attached hydrogen (secondary N) is 2. The van der Waals surface area contributed by atoms with Crippen molar-refractivity contribution in [3.05, 3.63) is 52.9 Å². The third kappa shape index (κ3) is 4.74.